The number of aryl methyl sites for hydroxylation is 1. The van der Waals surface area contributed by atoms with Crippen molar-refractivity contribution in [2.75, 3.05) is 5.32 Å². The maximum atomic E-state index is 12.5. The summed E-state index contributed by atoms with van der Waals surface area (Å²) in [5.41, 5.74) is 5.90. The summed E-state index contributed by atoms with van der Waals surface area (Å²) >= 11 is 18.6. The molecule has 0 aliphatic carbocycles. The van der Waals surface area contributed by atoms with Crippen LogP contribution >= 0.6 is 34.8 Å². The van der Waals surface area contributed by atoms with Gasteiger partial charge in [0.15, 0.2) is 0 Å². The van der Waals surface area contributed by atoms with Crippen molar-refractivity contribution in [2.45, 2.75) is 13.8 Å². The summed E-state index contributed by atoms with van der Waals surface area (Å²) in [7, 11) is 0. The van der Waals surface area contributed by atoms with Gasteiger partial charge in [0, 0.05) is 27.5 Å². The fraction of sp³-hybridized carbons (Fsp3) is 0.0952. The fourth-order valence-corrected chi connectivity index (χ4v) is 3.99. The summed E-state index contributed by atoms with van der Waals surface area (Å²) in [6.45, 7) is 3.99. The molecule has 0 saturated heterocycles. The predicted octanol–water partition coefficient (Wildman–Crippen LogP) is 6.55. The van der Waals surface area contributed by atoms with Gasteiger partial charge in [-0.05, 0) is 55.8 Å². The van der Waals surface area contributed by atoms with Gasteiger partial charge in [0.25, 0.3) is 5.91 Å². The van der Waals surface area contributed by atoms with Crippen LogP contribution in [-0.4, -0.2) is 10.5 Å². The SMILES string of the molecule is Cc1cc(/C=C2/C(=O)Nc3cc(Cl)ccc32)c(C)n1-c1cccc(Cl)c1Cl. The van der Waals surface area contributed by atoms with Crippen LogP contribution in [0, 0.1) is 13.8 Å². The zero-order valence-electron chi connectivity index (χ0n) is 14.6. The van der Waals surface area contributed by atoms with Crippen molar-refractivity contribution in [1.82, 2.24) is 4.57 Å². The Labute approximate surface area is 172 Å². The van der Waals surface area contributed by atoms with Crippen LogP contribution in [0.2, 0.25) is 15.1 Å². The molecule has 0 radical (unpaired) electrons. The van der Waals surface area contributed by atoms with Crippen molar-refractivity contribution in [3.8, 4) is 5.69 Å². The number of hydrogen-bond acceptors (Lipinski definition) is 1. The van der Waals surface area contributed by atoms with E-state index in [4.69, 9.17) is 34.8 Å². The largest absolute Gasteiger partial charge is 0.321 e. The Kier molecular flexibility index (Phi) is 4.55. The van der Waals surface area contributed by atoms with Crippen molar-refractivity contribution in [2.24, 2.45) is 0 Å². The zero-order chi connectivity index (χ0) is 19.3. The van der Waals surface area contributed by atoms with E-state index in [0.29, 0.717) is 20.6 Å². The average Bonchev–Trinajstić information content (AvgIpc) is 3.07. The molecule has 1 aromatic heterocycles. The molecule has 1 aliphatic rings. The molecule has 2 heterocycles. The molecule has 136 valence electrons. The first-order valence-electron chi connectivity index (χ1n) is 8.33. The molecule has 0 saturated carbocycles. The molecular weight excluding hydrogens is 403 g/mol. The number of nitrogens with zero attached hydrogens (tertiary/aromatic N) is 1. The molecule has 27 heavy (non-hydrogen) atoms. The molecule has 0 atom stereocenters. The van der Waals surface area contributed by atoms with Crippen LogP contribution in [0.5, 0.6) is 0 Å². The van der Waals surface area contributed by atoms with Crippen LogP contribution in [0.4, 0.5) is 5.69 Å². The van der Waals surface area contributed by atoms with Gasteiger partial charge in [-0.3, -0.25) is 4.79 Å². The van der Waals surface area contributed by atoms with Crippen molar-refractivity contribution in [3.05, 3.63) is 80.0 Å². The first-order chi connectivity index (χ1) is 12.9. The van der Waals surface area contributed by atoms with Crippen molar-refractivity contribution < 1.29 is 4.79 Å². The van der Waals surface area contributed by atoms with E-state index in [1.807, 2.05) is 48.8 Å². The highest BCUT2D eigenvalue weighted by Gasteiger charge is 2.25. The molecule has 3 aromatic rings. The number of carbonyl (C=O) groups is 1. The van der Waals surface area contributed by atoms with Crippen LogP contribution in [0.3, 0.4) is 0 Å². The first kappa shape index (κ1) is 18.2. The fourth-order valence-electron chi connectivity index (χ4n) is 3.44. The average molecular weight is 418 g/mol. The second kappa shape index (κ2) is 6.75. The molecular formula is C21H15Cl3N2O. The maximum Gasteiger partial charge on any atom is 0.256 e. The van der Waals surface area contributed by atoms with E-state index in [-0.39, 0.29) is 5.91 Å². The highest BCUT2D eigenvalue weighted by Crippen LogP contribution is 2.37. The number of hydrogen-bond donors (Lipinski definition) is 1. The summed E-state index contributed by atoms with van der Waals surface area (Å²) in [5.74, 6) is -0.141. The van der Waals surface area contributed by atoms with E-state index < -0.39 is 0 Å². The third-order valence-electron chi connectivity index (χ3n) is 4.71. The molecule has 3 nitrogen and oxygen atoms in total. The van der Waals surface area contributed by atoms with Gasteiger partial charge in [-0.15, -0.1) is 0 Å². The minimum absolute atomic E-state index is 0.141. The van der Waals surface area contributed by atoms with E-state index in [0.717, 1.165) is 33.9 Å². The highest BCUT2D eigenvalue weighted by molar-refractivity contribution is 6.43. The molecule has 4 rings (SSSR count). The van der Waals surface area contributed by atoms with Gasteiger partial charge in [0.2, 0.25) is 0 Å². The summed E-state index contributed by atoms with van der Waals surface area (Å²) in [5, 5.41) is 4.45. The minimum Gasteiger partial charge on any atom is -0.321 e. The topological polar surface area (TPSA) is 34.0 Å². The van der Waals surface area contributed by atoms with E-state index in [9.17, 15) is 4.79 Å². The lowest BCUT2D eigenvalue weighted by molar-refractivity contribution is -0.110. The van der Waals surface area contributed by atoms with E-state index >= 15 is 0 Å². The van der Waals surface area contributed by atoms with Gasteiger partial charge in [-0.1, -0.05) is 46.9 Å². The Hall–Kier alpha value is -2.20. The number of benzene rings is 2. The Morgan fingerprint density at radius 2 is 1.81 bits per heavy atom. The summed E-state index contributed by atoms with van der Waals surface area (Å²) in [4.78, 5) is 12.5. The Morgan fingerprint density at radius 3 is 2.59 bits per heavy atom. The number of carbonyl (C=O) groups excluding carboxylic acids is 1. The lowest BCUT2D eigenvalue weighted by Crippen LogP contribution is -2.03. The van der Waals surface area contributed by atoms with Gasteiger partial charge in [-0.2, -0.15) is 0 Å². The summed E-state index contributed by atoms with van der Waals surface area (Å²) in [6, 6.07) is 13.0. The number of fused-ring (bicyclic) bond motifs is 1. The number of nitrogens with one attached hydrogen (secondary N) is 1. The number of amides is 1. The lowest BCUT2D eigenvalue weighted by atomic mass is 10.0. The second-order valence-electron chi connectivity index (χ2n) is 6.44. The van der Waals surface area contributed by atoms with Crippen molar-refractivity contribution in [1.29, 1.82) is 0 Å². The standard InChI is InChI=1S/C21H15Cl3N2O/c1-11-8-13(12(2)26(11)19-5-3-4-17(23)20(19)24)9-16-15-7-6-14(22)10-18(15)25-21(16)27/h3-10H,1-2H3,(H,25,27)/b16-9+. The molecule has 0 unspecified atom stereocenters. The van der Waals surface area contributed by atoms with Crippen molar-refractivity contribution >= 4 is 58.0 Å². The van der Waals surface area contributed by atoms with E-state index in [2.05, 4.69) is 5.32 Å². The molecule has 2 aromatic carbocycles. The summed E-state index contributed by atoms with van der Waals surface area (Å²) in [6.07, 6.45) is 1.90. The van der Waals surface area contributed by atoms with Gasteiger partial charge >= 0.3 is 0 Å². The molecule has 6 heteroatoms. The molecule has 1 aliphatic heterocycles. The van der Waals surface area contributed by atoms with Gasteiger partial charge in [0.05, 0.1) is 21.4 Å². The highest BCUT2D eigenvalue weighted by atomic mass is 35.5. The summed E-state index contributed by atoms with van der Waals surface area (Å²) < 4.78 is 2.04. The third kappa shape index (κ3) is 3.06. The Bertz CT molecular complexity index is 1130. The monoisotopic (exact) mass is 416 g/mol. The van der Waals surface area contributed by atoms with Gasteiger partial charge in [0.1, 0.15) is 0 Å². The molecule has 1 N–H and O–H groups in total. The smallest absolute Gasteiger partial charge is 0.256 e. The molecule has 0 spiro atoms. The number of anilines is 1. The first-order valence-corrected chi connectivity index (χ1v) is 9.46. The number of rotatable bonds is 2. The molecule has 0 bridgehead atoms. The van der Waals surface area contributed by atoms with Gasteiger partial charge in [-0.25, -0.2) is 0 Å². The van der Waals surface area contributed by atoms with Crippen LogP contribution in [0.1, 0.15) is 22.5 Å². The number of aromatic nitrogens is 1. The van der Waals surface area contributed by atoms with Crippen LogP contribution in [-0.2, 0) is 4.79 Å². The van der Waals surface area contributed by atoms with E-state index in [1.165, 1.54) is 0 Å². The van der Waals surface area contributed by atoms with Gasteiger partial charge < -0.3 is 9.88 Å². The second-order valence-corrected chi connectivity index (χ2v) is 7.66. The minimum atomic E-state index is -0.141. The lowest BCUT2D eigenvalue weighted by Gasteiger charge is -2.12. The normalized spacial score (nSPS) is 14.6. The maximum absolute atomic E-state index is 12.5. The molecule has 0 fully saturated rings. The van der Waals surface area contributed by atoms with E-state index in [1.54, 1.807) is 18.2 Å². The zero-order valence-corrected chi connectivity index (χ0v) is 16.9. The van der Waals surface area contributed by atoms with Crippen LogP contribution < -0.4 is 5.32 Å². The Balaban J connectivity index is 1.85. The quantitative estimate of drug-likeness (QED) is 0.471. The molecule has 1 amide bonds. The van der Waals surface area contributed by atoms with Crippen LogP contribution in [0.25, 0.3) is 17.3 Å². The Morgan fingerprint density at radius 1 is 1.04 bits per heavy atom. The number of halogens is 3. The van der Waals surface area contributed by atoms with Crippen LogP contribution in [0.15, 0.2) is 42.5 Å². The van der Waals surface area contributed by atoms with Crippen molar-refractivity contribution in [3.63, 3.8) is 0 Å². The predicted molar refractivity (Wildman–Crippen MR) is 113 cm³/mol. The third-order valence-corrected chi connectivity index (χ3v) is 5.75.